The highest BCUT2D eigenvalue weighted by molar-refractivity contribution is 7.80. The number of hydrogen-bond donors (Lipinski definition) is 1. The van der Waals surface area contributed by atoms with E-state index in [-0.39, 0.29) is 12.1 Å². The number of nitrogens with zero attached hydrogens (tertiary/aromatic N) is 2. The lowest BCUT2D eigenvalue weighted by molar-refractivity contribution is 0.291. The summed E-state index contributed by atoms with van der Waals surface area (Å²) in [4.78, 5) is 7.79. The van der Waals surface area contributed by atoms with Gasteiger partial charge in [-0.2, -0.15) is 0 Å². The van der Waals surface area contributed by atoms with Crippen LogP contribution in [0, 0.1) is 0 Å². The summed E-state index contributed by atoms with van der Waals surface area (Å²) < 4.78 is 6.27. The van der Waals surface area contributed by atoms with Crippen LogP contribution in [0.4, 0.5) is 0 Å². The Bertz CT molecular complexity index is 835. The van der Waals surface area contributed by atoms with Crippen LogP contribution in [0.15, 0.2) is 59.3 Å². The standard InChI is InChI=1S/C17H14ClN3OS2/c18-14-7-6-13(24-14)16-15(12-5-1-2-8-19-12)20-17(23)21(16)10-11-4-3-9-22-11/h1-9,15-16H,10H2,(H,20,23). The van der Waals surface area contributed by atoms with Gasteiger partial charge in [-0.15, -0.1) is 11.3 Å². The Morgan fingerprint density at radius 2 is 2.17 bits per heavy atom. The third kappa shape index (κ3) is 2.92. The van der Waals surface area contributed by atoms with Crippen molar-refractivity contribution in [3.63, 3.8) is 0 Å². The Balaban J connectivity index is 1.73. The first kappa shape index (κ1) is 15.6. The molecule has 0 aromatic carbocycles. The second kappa shape index (κ2) is 6.55. The zero-order valence-electron chi connectivity index (χ0n) is 12.6. The number of rotatable bonds is 4. The van der Waals surface area contributed by atoms with Gasteiger partial charge in [-0.3, -0.25) is 4.98 Å². The van der Waals surface area contributed by atoms with Crippen LogP contribution < -0.4 is 5.32 Å². The van der Waals surface area contributed by atoms with Gasteiger partial charge in [-0.25, -0.2) is 0 Å². The molecule has 4 heterocycles. The minimum absolute atomic E-state index is 0.0231. The monoisotopic (exact) mass is 375 g/mol. The molecule has 3 aromatic heterocycles. The molecule has 0 aliphatic carbocycles. The van der Waals surface area contributed by atoms with E-state index in [1.165, 1.54) is 0 Å². The van der Waals surface area contributed by atoms with Gasteiger partial charge in [0.25, 0.3) is 0 Å². The minimum Gasteiger partial charge on any atom is -0.467 e. The van der Waals surface area contributed by atoms with E-state index in [0.717, 1.165) is 20.7 Å². The first-order valence-electron chi connectivity index (χ1n) is 7.48. The quantitative estimate of drug-likeness (QED) is 0.677. The number of thiocarbonyl (C=S) groups is 1. The summed E-state index contributed by atoms with van der Waals surface area (Å²) >= 11 is 13.3. The molecule has 0 amide bonds. The largest absolute Gasteiger partial charge is 0.467 e. The smallest absolute Gasteiger partial charge is 0.170 e. The maximum Gasteiger partial charge on any atom is 0.170 e. The highest BCUT2D eigenvalue weighted by Gasteiger charge is 2.40. The molecule has 1 saturated heterocycles. The molecule has 0 spiro atoms. The topological polar surface area (TPSA) is 41.3 Å². The molecule has 122 valence electrons. The summed E-state index contributed by atoms with van der Waals surface area (Å²) in [6, 6.07) is 13.7. The van der Waals surface area contributed by atoms with E-state index < -0.39 is 0 Å². The lowest BCUT2D eigenvalue weighted by Gasteiger charge is -2.25. The van der Waals surface area contributed by atoms with Crippen molar-refractivity contribution in [1.29, 1.82) is 0 Å². The average Bonchev–Trinajstić information content (AvgIpc) is 3.31. The number of pyridine rings is 1. The lowest BCUT2D eigenvalue weighted by atomic mass is 10.0. The zero-order chi connectivity index (χ0) is 16.5. The van der Waals surface area contributed by atoms with Crippen LogP contribution in [-0.4, -0.2) is 15.0 Å². The van der Waals surface area contributed by atoms with Gasteiger partial charge in [0.1, 0.15) is 5.76 Å². The number of hydrogen-bond acceptors (Lipinski definition) is 4. The van der Waals surface area contributed by atoms with Crippen molar-refractivity contribution >= 4 is 40.3 Å². The van der Waals surface area contributed by atoms with Gasteiger partial charge in [0.15, 0.2) is 5.11 Å². The van der Waals surface area contributed by atoms with Crippen LogP contribution in [0.3, 0.4) is 0 Å². The summed E-state index contributed by atoms with van der Waals surface area (Å²) in [5, 5.41) is 4.10. The SMILES string of the molecule is S=C1NC(c2ccccn2)C(c2ccc(Cl)s2)N1Cc1ccco1. The molecule has 4 nitrogen and oxygen atoms in total. The van der Waals surface area contributed by atoms with Crippen molar-refractivity contribution in [1.82, 2.24) is 15.2 Å². The van der Waals surface area contributed by atoms with Crippen molar-refractivity contribution in [3.05, 3.63) is 75.6 Å². The Kier molecular flexibility index (Phi) is 4.26. The van der Waals surface area contributed by atoms with Crippen molar-refractivity contribution in [2.75, 3.05) is 0 Å². The second-order valence-electron chi connectivity index (χ2n) is 5.48. The molecule has 2 unspecified atom stereocenters. The summed E-state index contributed by atoms with van der Waals surface area (Å²) in [7, 11) is 0. The predicted molar refractivity (Wildman–Crippen MR) is 99.0 cm³/mol. The van der Waals surface area contributed by atoms with E-state index >= 15 is 0 Å². The van der Waals surface area contributed by atoms with Gasteiger partial charge in [0.05, 0.1) is 34.9 Å². The van der Waals surface area contributed by atoms with Crippen molar-refractivity contribution in [2.45, 2.75) is 18.6 Å². The molecule has 4 rings (SSSR count). The summed E-state index contributed by atoms with van der Waals surface area (Å²) in [6.45, 7) is 0.600. The molecule has 1 fully saturated rings. The molecule has 7 heteroatoms. The Morgan fingerprint density at radius 1 is 1.25 bits per heavy atom. The van der Waals surface area contributed by atoms with Gasteiger partial charge >= 0.3 is 0 Å². The average molecular weight is 376 g/mol. The number of thiophene rings is 1. The zero-order valence-corrected chi connectivity index (χ0v) is 14.9. The van der Waals surface area contributed by atoms with Crippen LogP contribution in [0.25, 0.3) is 0 Å². The highest BCUT2D eigenvalue weighted by atomic mass is 35.5. The third-order valence-electron chi connectivity index (χ3n) is 3.99. The van der Waals surface area contributed by atoms with Crippen molar-refractivity contribution in [3.8, 4) is 0 Å². The van der Waals surface area contributed by atoms with Crippen molar-refractivity contribution in [2.24, 2.45) is 0 Å². The fourth-order valence-electron chi connectivity index (χ4n) is 2.94. The van der Waals surface area contributed by atoms with Crippen LogP contribution >= 0.6 is 35.2 Å². The lowest BCUT2D eigenvalue weighted by Crippen LogP contribution is -2.28. The van der Waals surface area contributed by atoms with Gasteiger partial charge in [-0.05, 0) is 48.6 Å². The molecular weight excluding hydrogens is 362 g/mol. The number of aromatic nitrogens is 1. The van der Waals surface area contributed by atoms with Crippen LogP contribution in [0.5, 0.6) is 0 Å². The predicted octanol–water partition coefficient (Wildman–Crippen LogP) is 4.56. The molecule has 0 radical (unpaired) electrons. The molecule has 3 aromatic rings. The van der Waals surface area contributed by atoms with Gasteiger partial charge in [-0.1, -0.05) is 17.7 Å². The fourth-order valence-corrected chi connectivity index (χ4v) is 4.46. The minimum atomic E-state index is -0.0246. The molecule has 0 saturated carbocycles. The molecule has 1 N–H and O–H groups in total. The van der Waals surface area contributed by atoms with Crippen LogP contribution in [0.2, 0.25) is 4.34 Å². The molecule has 1 aliphatic rings. The van der Waals surface area contributed by atoms with E-state index in [9.17, 15) is 0 Å². The van der Waals surface area contributed by atoms with E-state index in [1.807, 2.05) is 36.4 Å². The van der Waals surface area contributed by atoms with Crippen LogP contribution in [-0.2, 0) is 6.54 Å². The first-order valence-corrected chi connectivity index (χ1v) is 9.08. The molecule has 1 aliphatic heterocycles. The maximum absolute atomic E-state index is 6.17. The van der Waals surface area contributed by atoms with Gasteiger partial charge in [0, 0.05) is 11.1 Å². The van der Waals surface area contributed by atoms with Crippen LogP contribution in [0.1, 0.15) is 28.4 Å². The molecule has 24 heavy (non-hydrogen) atoms. The molecular formula is C17H14ClN3OS2. The van der Waals surface area contributed by atoms with Gasteiger partial charge in [0.2, 0.25) is 0 Å². The Hall–Kier alpha value is -1.89. The van der Waals surface area contributed by atoms with E-state index in [4.69, 9.17) is 28.2 Å². The second-order valence-corrected chi connectivity index (χ2v) is 7.61. The number of nitrogens with one attached hydrogen (secondary N) is 1. The normalized spacial score (nSPS) is 20.4. The summed E-state index contributed by atoms with van der Waals surface area (Å²) in [5.41, 5.74) is 0.955. The summed E-state index contributed by atoms with van der Waals surface area (Å²) in [5.74, 6) is 0.869. The fraction of sp³-hybridized carbons (Fsp3) is 0.176. The summed E-state index contributed by atoms with van der Waals surface area (Å²) in [6.07, 6.45) is 3.48. The van der Waals surface area contributed by atoms with E-state index in [1.54, 1.807) is 23.8 Å². The Morgan fingerprint density at radius 3 is 2.83 bits per heavy atom. The third-order valence-corrected chi connectivity index (χ3v) is 5.64. The number of halogens is 1. The number of furan rings is 1. The van der Waals surface area contributed by atoms with Crippen molar-refractivity contribution < 1.29 is 4.42 Å². The van der Waals surface area contributed by atoms with Gasteiger partial charge < -0.3 is 14.6 Å². The Labute approximate surface area is 154 Å². The molecule has 0 bridgehead atoms. The maximum atomic E-state index is 6.17. The highest BCUT2D eigenvalue weighted by Crippen LogP contribution is 2.42. The van der Waals surface area contributed by atoms with E-state index in [0.29, 0.717) is 11.7 Å². The van der Waals surface area contributed by atoms with E-state index in [2.05, 4.69) is 21.3 Å². The molecule has 2 atom stereocenters. The first-order chi connectivity index (χ1) is 11.7.